The van der Waals surface area contributed by atoms with Crippen molar-refractivity contribution in [3.05, 3.63) is 41.1 Å². The van der Waals surface area contributed by atoms with E-state index in [9.17, 15) is 0 Å². The molecule has 0 radical (unpaired) electrons. The lowest BCUT2D eigenvalue weighted by molar-refractivity contribution is 0.661. The average molecular weight is 291 g/mol. The molecule has 0 atom stereocenters. The molecule has 1 aliphatic rings. The molecule has 1 heterocycles. The van der Waals surface area contributed by atoms with Crippen LogP contribution in [0, 0.1) is 24.7 Å². The van der Waals surface area contributed by atoms with Crippen molar-refractivity contribution in [2.45, 2.75) is 58.8 Å². The molecule has 3 rings (SSSR count). The number of aromatic nitrogens is 1. The number of hydrogen-bond acceptors (Lipinski definition) is 1. The molecule has 0 bridgehead atoms. The Morgan fingerprint density at radius 3 is 2.73 bits per heavy atom. The van der Waals surface area contributed by atoms with Gasteiger partial charge in [0.15, 0.2) is 0 Å². The van der Waals surface area contributed by atoms with E-state index in [1.807, 2.05) is 0 Å². The third-order valence-electron chi connectivity index (χ3n) is 4.47. The van der Waals surface area contributed by atoms with E-state index in [0.717, 1.165) is 11.9 Å². The summed E-state index contributed by atoms with van der Waals surface area (Å²) in [5.41, 5.74) is 4.83. The van der Waals surface area contributed by atoms with Crippen molar-refractivity contribution in [2.24, 2.45) is 5.92 Å². The van der Waals surface area contributed by atoms with Crippen LogP contribution in [0.4, 0.5) is 0 Å². The molecule has 1 nitrogen and oxygen atoms in total. The van der Waals surface area contributed by atoms with Gasteiger partial charge in [-0.25, -0.2) is 0 Å². The molecular formula is C21H25N. The second kappa shape index (κ2) is 6.97. The van der Waals surface area contributed by atoms with E-state index in [1.54, 1.807) is 0 Å². The molecule has 0 spiro atoms. The first-order chi connectivity index (χ1) is 10.8. The van der Waals surface area contributed by atoms with E-state index in [-0.39, 0.29) is 0 Å². The first-order valence-corrected chi connectivity index (χ1v) is 8.69. The fraction of sp³-hybridized carbons (Fsp3) is 0.476. The van der Waals surface area contributed by atoms with Gasteiger partial charge in [0, 0.05) is 16.9 Å². The van der Waals surface area contributed by atoms with Crippen LogP contribution in [0.15, 0.2) is 24.3 Å². The molecule has 1 heteroatoms. The van der Waals surface area contributed by atoms with E-state index >= 15 is 0 Å². The maximum atomic E-state index is 4.93. The van der Waals surface area contributed by atoms with Crippen LogP contribution in [0.1, 0.15) is 62.3 Å². The Hall–Kier alpha value is -1.81. The number of fused-ring (bicyclic) bond motifs is 1. The van der Waals surface area contributed by atoms with Crippen molar-refractivity contribution in [3.8, 4) is 11.8 Å². The van der Waals surface area contributed by atoms with Gasteiger partial charge >= 0.3 is 0 Å². The number of pyridine rings is 1. The molecule has 1 fully saturated rings. The number of hydrogen-bond donors (Lipinski definition) is 0. The minimum Gasteiger partial charge on any atom is -0.252 e. The molecule has 0 amide bonds. The molecule has 1 aromatic carbocycles. The lowest BCUT2D eigenvalue weighted by Gasteiger charge is -2.11. The van der Waals surface area contributed by atoms with Crippen molar-refractivity contribution in [3.63, 3.8) is 0 Å². The smallest absolute Gasteiger partial charge is 0.0708 e. The molecule has 22 heavy (non-hydrogen) atoms. The molecule has 0 unspecified atom stereocenters. The number of rotatable bonds is 5. The van der Waals surface area contributed by atoms with Crippen molar-refractivity contribution in [1.29, 1.82) is 0 Å². The van der Waals surface area contributed by atoms with E-state index in [2.05, 4.69) is 50.0 Å². The van der Waals surface area contributed by atoms with Gasteiger partial charge in [-0.3, -0.25) is 4.98 Å². The van der Waals surface area contributed by atoms with Gasteiger partial charge in [-0.05, 0) is 44.2 Å². The number of unbranched alkanes of at least 4 members (excludes halogenated alkanes) is 3. The van der Waals surface area contributed by atoms with Gasteiger partial charge in [-0.1, -0.05) is 56.2 Å². The molecule has 1 saturated carbocycles. The third-order valence-corrected chi connectivity index (χ3v) is 4.47. The molecule has 1 aliphatic carbocycles. The fourth-order valence-corrected chi connectivity index (χ4v) is 2.91. The zero-order valence-corrected chi connectivity index (χ0v) is 13.8. The summed E-state index contributed by atoms with van der Waals surface area (Å²) in [6.45, 7) is 4.46. The minimum atomic E-state index is 0.638. The summed E-state index contributed by atoms with van der Waals surface area (Å²) in [7, 11) is 0. The molecule has 0 aliphatic heterocycles. The van der Waals surface area contributed by atoms with Gasteiger partial charge in [-0.15, -0.1) is 0 Å². The van der Waals surface area contributed by atoms with Crippen LogP contribution >= 0.6 is 0 Å². The highest BCUT2D eigenvalue weighted by Crippen LogP contribution is 2.29. The summed E-state index contributed by atoms with van der Waals surface area (Å²) in [4.78, 5) is 4.93. The van der Waals surface area contributed by atoms with E-state index in [0.29, 0.717) is 5.92 Å². The lowest BCUT2D eigenvalue weighted by atomic mass is 9.98. The van der Waals surface area contributed by atoms with Crippen LogP contribution in [0.2, 0.25) is 0 Å². The number of benzene rings is 1. The summed E-state index contributed by atoms with van der Waals surface area (Å²) in [6, 6.07) is 8.46. The summed E-state index contributed by atoms with van der Waals surface area (Å²) in [6.07, 6.45) is 8.71. The topological polar surface area (TPSA) is 12.9 Å². The summed E-state index contributed by atoms with van der Waals surface area (Å²) in [5.74, 6) is 7.53. The van der Waals surface area contributed by atoms with Gasteiger partial charge in [0.2, 0.25) is 0 Å². The monoisotopic (exact) mass is 291 g/mol. The third kappa shape index (κ3) is 3.50. The lowest BCUT2D eigenvalue weighted by Crippen LogP contribution is -2.00. The molecule has 1 aromatic heterocycles. The molecule has 0 N–H and O–H groups in total. The van der Waals surface area contributed by atoms with Gasteiger partial charge in [-0.2, -0.15) is 0 Å². The van der Waals surface area contributed by atoms with Gasteiger partial charge in [0.1, 0.15) is 0 Å². The Morgan fingerprint density at radius 2 is 1.95 bits per heavy atom. The highest BCUT2D eigenvalue weighted by molar-refractivity contribution is 5.84. The first kappa shape index (κ1) is 15.1. The van der Waals surface area contributed by atoms with Crippen LogP contribution in [0.3, 0.4) is 0 Å². The summed E-state index contributed by atoms with van der Waals surface area (Å²) in [5, 5.41) is 1.25. The Kier molecular flexibility index (Phi) is 4.78. The normalized spacial score (nSPS) is 13.9. The Labute approximate surface area is 134 Å². The highest BCUT2D eigenvalue weighted by Gasteiger charge is 2.18. The van der Waals surface area contributed by atoms with Gasteiger partial charge in [0.25, 0.3) is 0 Å². The van der Waals surface area contributed by atoms with E-state index in [4.69, 9.17) is 4.98 Å². The maximum absolute atomic E-state index is 4.93. The van der Waals surface area contributed by atoms with Crippen molar-refractivity contribution in [2.75, 3.05) is 0 Å². The average Bonchev–Trinajstić information content (AvgIpc) is 3.35. The van der Waals surface area contributed by atoms with Crippen LogP contribution in [-0.2, 0) is 6.42 Å². The molecule has 114 valence electrons. The Balaban J connectivity index is 1.95. The first-order valence-electron chi connectivity index (χ1n) is 8.69. The zero-order chi connectivity index (χ0) is 15.4. The molecule has 0 saturated heterocycles. The Bertz CT molecular complexity index is 714. The van der Waals surface area contributed by atoms with Crippen LogP contribution in [0.5, 0.6) is 0 Å². The second-order valence-electron chi connectivity index (χ2n) is 6.43. The number of aryl methyl sites for hydroxylation is 2. The van der Waals surface area contributed by atoms with Crippen LogP contribution < -0.4 is 0 Å². The van der Waals surface area contributed by atoms with Crippen LogP contribution in [-0.4, -0.2) is 4.98 Å². The predicted molar refractivity (Wildman–Crippen MR) is 93.9 cm³/mol. The molecule has 2 aromatic rings. The van der Waals surface area contributed by atoms with Gasteiger partial charge in [0.05, 0.1) is 11.2 Å². The largest absolute Gasteiger partial charge is 0.252 e. The van der Waals surface area contributed by atoms with Crippen molar-refractivity contribution < 1.29 is 0 Å². The van der Waals surface area contributed by atoms with E-state index < -0.39 is 0 Å². The van der Waals surface area contributed by atoms with Gasteiger partial charge < -0.3 is 0 Å². The van der Waals surface area contributed by atoms with Crippen molar-refractivity contribution in [1.82, 2.24) is 4.98 Å². The second-order valence-corrected chi connectivity index (χ2v) is 6.43. The van der Waals surface area contributed by atoms with E-state index in [1.165, 1.54) is 60.7 Å². The minimum absolute atomic E-state index is 0.638. The fourth-order valence-electron chi connectivity index (χ4n) is 2.91. The quantitative estimate of drug-likeness (QED) is 0.529. The SMILES string of the molecule is CCCCCCc1nc2ccccc2c(C)c1C#CC1CC1. The highest BCUT2D eigenvalue weighted by atomic mass is 14.7. The predicted octanol–water partition coefficient (Wildman–Crippen LogP) is 5.43. The maximum Gasteiger partial charge on any atom is 0.0708 e. The number of para-hydroxylation sites is 1. The Morgan fingerprint density at radius 1 is 1.14 bits per heavy atom. The molecular weight excluding hydrogens is 266 g/mol. The summed E-state index contributed by atoms with van der Waals surface area (Å²) < 4.78 is 0. The number of nitrogens with zero attached hydrogens (tertiary/aromatic N) is 1. The zero-order valence-electron chi connectivity index (χ0n) is 13.8. The standard InChI is InChI=1S/C21H25N/c1-3-4-5-6-10-21-19(15-14-17-12-13-17)16(2)18-9-7-8-11-20(18)22-21/h7-9,11,17H,3-6,10,12-13H2,1-2H3. The van der Waals surface area contributed by atoms with Crippen LogP contribution in [0.25, 0.3) is 10.9 Å². The van der Waals surface area contributed by atoms with Crippen molar-refractivity contribution >= 4 is 10.9 Å². The summed E-state index contributed by atoms with van der Waals surface area (Å²) >= 11 is 0.